The Morgan fingerprint density at radius 3 is 2.59 bits per heavy atom. The molecule has 194 valence electrons. The van der Waals surface area contributed by atoms with Gasteiger partial charge in [0.1, 0.15) is 35.7 Å². The molecule has 0 spiro atoms. The Morgan fingerprint density at radius 1 is 1.11 bits per heavy atom. The van der Waals surface area contributed by atoms with Crippen LogP contribution in [0.5, 0.6) is 23.0 Å². The van der Waals surface area contributed by atoms with Gasteiger partial charge in [-0.05, 0) is 86.0 Å². The van der Waals surface area contributed by atoms with E-state index in [9.17, 15) is 14.6 Å². The minimum absolute atomic E-state index is 0.0138. The second kappa shape index (κ2) is 10.6. The van der Waals surface area contributed by atoms with Crippen LogP contribution < -0.4 is 9.47 Å². The van der Waals surface area contributed by atoms with Crippen molar-refractivity contribution >= 4 is 22.7 Å². The second-order valence-electron chi connectivity index (χ2n) is 9.92. The first-order chi connectivity index (χ1) is 17.8. The van der Waals surface area contributed by atoms with E-state index in [1.54, 1.807) is 30.3 Å². The number of fused-ring (bicyclic) bond motifs is 1. The first kappa shape index (κ1) is 25.4. The van der Waals surface area contributed by atoms with E-state index in [-0.39, 0.29) is 35.2 Å². The first-order valence-electron chi connectivity index (χ1n) is 12.6. The molecule has 5 rings (SSSR count). The number of likely N-dealkylation sites (tertiary alicyclic amines) is 1. The van der Waals surface area contributed by atoms with Crippen molar-refractivity contribution in [3.63, 3.8) is 0 Å². The van der Waals surface area contributed by atoms with Gasteiger partial charge in [0.15, 0.2) is 0 Å². The fraction of sp³-hybridized carbons (Fsp3) is 0.333. The second-order valence-corrected chi connectivity index (χ2v) is 10.3. The molecule has 2 aliphatic heterocycles. The van der Waals surface area contributed by atoms with E-state index in [4.69, 9.17) is 21.1 Å². The molecule has 0 aromatic heterocycles. The number of hydrogen-bond donors (Lipinski definition) is 2. The summed E-state index contributed by atoms with van der Waals surface area (Å²) in [6, 6.07) is 18.2. The molecule has 0 amide bonds. The van der Waals surface area contributed by atoms with E-state index in [1.165, 1.54) is 0 Å². The Kier molecular flexibility index (Phi) is 7.31. The van der Waals surface area contributed by atoms with Crippen LogP contribution in [0.1, 0.15) is 43.1 Å². The van der Waals surface area contributed by atoms with Crippen LogP contribution in [-0.2, 0) is 0 Å². The van der Waals surface area contributed by atoms with Gasteiger partial charge in [0, 0.05) is 29.6 Å². The fourth-order valence-electron chi connectivity index (χ4n) is 5.17. The van der Waals surface area contributed by atoms with E-state index in [2.05, 4.69) is 11.8 Å². The maximum Gasteiger partial charge on any atom is 0.150 e. The van der Waals surface area contributed by atoms with Gasteiger partial charge in [0.2, 0.25) is 0 Å². The van der Waals surface area contributed by atoms with Crippen LogP contribution in [0.4, 0.5) is 4.39 Å². The highest BCUT2D eigenvalue weighted by Crippen LogP contribution is 2.48. The third kappa shape index (κ3) is 5.27. The fourth-order valence-corrected chi connectivity index (χ4v) is 5.35. The Hall–Kier alpha value is -3.22. The van der Waals surface area contributed by atoms with Crippen LogP contribution in [0.3, 0.4) is 0 Å². The van der Waals surface area contributed by atoms with Gasteiger partial charge in [-0.3, -0.25) is 9.29 Å². The lowest BCUT2D eigenvalue weighted by molar-refractivity contribution is 0.165. The third-order valence-corrected chi connectivity index (χ3v) is 7.67. The number of halogens is 2. The van der Waals surface area contributed by atoms with Gasteiger partial charge < -0.3 is 19.7 Å². The average molecular weight is 524 g/mol. The van der Waals surface area contributed by atoms with Gasteiger partial charge in [-0.2, -0.15) is 0 Å². The van der Waals surface area contributed by atoms with Crippen molar-refractivity contribution in [1.82, 2.24) is 4.90 Å². The van der Waals surface area contributed by atoms with Crippen LogP contribution in [-0.4, -0.2) is 47.5 Å². The highest BCUT2D eigenvalue weighted by Gasteiger charge is 2.30. The molecule has 1 unspecified atom stereocenters. The van der Waals surface area contributed by atoms with Gasteiger partial charge >= 0.3 is 0 Å². The molecule has 0 saturated carbocycles. The highest BCUT2D eigenvalue weighted by molar-refractivity contribution is 6.32. The number of phenolic OH excluding ortho intramolecular Hbond substituents is 2. The minimum Gasteiger partial charge on any atom is -0.508 e. The van der Waals surface area contributed by atoms with E-state index in [1.807, 2.05) is 37.3 Å². The molecule has 0 aliphatic carbocycles. The summed E-state index contributed by atoms with van der Waals surface area (Å²) < 4.78 is 25.5. The molecule has 5 nitrogen and oxygen atoms in total. The highest BCUT2D eigenvalue weighted by atomic mass is 35.5. The molecule has 3 aromatic rings. The number of allylic oxidation sites excluding steroid dienone is 1. The zero-order valence-electron chi connectivity index (χ0n) is 21.0. The lowest BCUT2D eigenvalue weighted by Crippen LogP contribution is -2.35. The zero-order valence-corrected chi connectivity index (χ0v) is 21.7. The van der Waals surface area contributed by atoms with Crippen LogP contribution in [0.15, 0.2) is 60.7 Å². The molecule has 7 heteroatoms. The summed E-state index contributed by atoms with van der Waals surface area (Å²) in [7, 11) is 0. The molecule has 2 heterocycles. The molecule has 3 aromatic carbocycles. The summed E-state index contributed by atoms with van der Waals surface area (Å²) in [6.45, 7) is 6.08. The third-order valence-electron chi connectivity index (χ3n) is 7.37. The lowest BCUT2D eigenvalue weighted by atomic mass is 9.86. The van der Waals surface area contributed by atoms with Crippen LogP contribution >= 0.6 is 11.6 Å². The largest absolute Gasteiger partial charge is 0.508 e. The van der Waals surface area contributed by atoms with E-state index < -0.39 is 6.10 Å². The molecule has 0 bridgehead atoms. The molecule has 1 saturated heterocycles. The molecule has 2 aliphatic rings. The number of rotatable bonds is 7. The van der Waals surface area contributed by atoms with Gasteiger partial charge in [-0.25, -0.2) is 0 Å². The van der Waals surface area contributed by atoms with Gasteiger partial charge in [-0.1, -0.05) is 29.8 Å². The monoisotopic (exact) mass is 523 g/mol. The lowest BCUT2D eigenvalue weighted by Gasteiger charge is -2.31. The number of nitrogens with zero attached hydrogens (tertiary/aromatic N) is 1. The van der Waals surface area contributed by atoms with Crippen LogP contribution in [0.25, 0.3) is 11.1 Å². The Morgan fingerprint density at radius 2 is 1.89 bits per heavy atom. The Balaban J connectivity index is 1.39. The molecule has 3 atom stereocenters. The standard InChI is InChI=1S/C30H31ClFNO4/c1-18(33-12-11-20(15-32)16-33)17-36-24-7-3-21(4-8-24)30-29(22-5-9-27(35)26(31)13-22)19(2)25-14-23(34)6-10-28(25)37-30/h3-10,13-14,18,20,30,34-35H,11-12,15-17H2,1-2H3/t18-,20-,30?/m0/s1. The number of benzene rings is 3. The Bertz CT molecular complexity index is 1310. The van der Waals surface area contributed by atoms with Crippen molar-refractivity contribution in [2.75, 3.05) is 26.4 Å². The van der Waals surface area contributed by atoms with Crippen molar-refractivity contribution in [1.29, 1.82) is 0 Å². The van der Waals surface area contributed by atoms with Gasteiger partial charge in [0.25, 0.3) is 0 Å². The smallest absolute Gasteiger partial charge is 0.150 e. The van der Waals surface area contributed by atoms with E-state index in [0.717, 1.165) is 53.1 Å². The molecular weight excluding hydrogens is 493 g/mol. The van der Waals surface area contributed by atoms with Gasteiger partial charge in [-0.15, -0.1) is 0 Å². The predicted molar refractivity (Wildman–Crippen MR) is 144 cm³/mol. The molecule has 2 N–H and O–H groups in total. The predicted octanol–water partition coefficient (Wildman–Crippen LogP) is 6.87. The van der Waals surface area contributed by atoms with Gasteiger partial charge in [0.05, 0.1) is 11.7 Å². The molecule has 1 fully saturated rings. The van der Waals surface area contributed by atoms with Crippen molar-refractivity contribution in [3.05, 3.63) is 82.4 Å². The van der Waals surface area contributed by atoms with Crippen LogP contribution in [0.2, 0.25) is 5.02 Å². The summed E-state index contributed by atoms with van der Waals surface area (Å²) >= 11 is 6.25. The Labute approximate surface area is 221 Å². The molecule has 0 radical (unpaired) electrons. The number of alkyl halides is 1. The van der Waals surface area contributed by atoms with Crippen molar-refractivity contribution in [2.24, 2.45) is 5.92 Å². The maximum atomic E-state index is 13.0. The molecular formula is C30H31ClFNO4. The number of aromatic hydroxyl groups is 2. The topological polar surface area (TPSA) is 62.2 Å². The van der Waals surface area contributed by atoms with Crippen molar-refractivity contribution in [3.8, 4) is 23.0 Å². The van der Waals surface area contributed by atoms with Crippen LogP contribution in [0, 0.1) is 5.92 Å². The zero-order chi connectivity index (χ0) is 26.1. The normalized spacial score (nSPS) is 20.4. The summed E-state index contributed by atoms with van der Waals surface area (Å²) in [6.07, 6.45) is 0.481. The summed E-state index contributed by atoms with van der Waals surface area (Å²) in [4.78, 5) is 2.28. The summed E-state index contributed by atoms with van der Waals surface area (Å²) in [5.41, 5.74) is 4.42. The van der Waals surface area contributed by atoms with E-state index >= 15 is 0 Å². The molecule has 37 heavy (non-hydrogen) atoms. The average Bonchev–Trinajstić information content (AvgIpc) is 3.39. The number of ether oxygens (including phenoxy) is 2. The number of hydrogen-bond acceptors (Lipinski definition) is 5. The number of phenols is 2. The minimum atomic E-state index is -0.423. The van der Waals surface area contributed by atoms with Crippen molar-refractivity contribution < 1.29 is 24.1 Å². The maximum absolute atomic E-state index is 13.0. The quantitative estimate of drug-likeness (QED) is 0.353. The summed E-state index contributed by atoms with van der Waals surface area (Å²) in [5, 5.41) is 20.3. The first-order valence-corrected chi connectivity index (χ1v) is 12.9. The van der Waals surface area contributed by atoms with E-state index in [0.29, 0.717) is 12.4 Å². The SMILES string of the molecule is CC1=C(c2ccc(O)c(Cl)c2)C(c2ccc(OC[C@H](C)N3CC[C@@H](CF)C3)cc2)Oc2ccc(O)cc21. The van der Waals surface area contributed by atoms with Crippen molar-refractivity contribution in [2.45, 2.75) is 32.4 Å². The summed E-state index contributed by atoms with van der Waals surface area (Å²) in [5.74, 6) is 1.75.